The molecule has 7 nitrogen and oxygen atoms in total. The predicted molar refractivity (Wildman–Crippen MR) is 267 cm³/mol. The van der Waals surface area contributed by atoms with Gasteiger partial charge in [-0.15, -0.1) is 0 Å². The number of hydrogen-bond donors (Lipinski definition) is 0. The molecule has 1 aliphatic heterocycles. The molecule has 66 heavy (non-hydrogen) atoms. The minimum absolute atomic E-state index is 0.0374. The van der Waals surface area contributed by atoms with E-state index in [4.69, 9.17) is 24.1 Å². The molecule has 2 unspecified atom stereocenters. The Morgan fingerprint density at radius 1 is 0.439 bits per heavy atom. The number of allylic oxidation sites excluding steroid dienone is 2. The fourth-order valence-corrected chi connectivity index (χ4v) is 10.9. The zero-order chi connectivity index (χ0) is 43.0. The molecule has 2 aliphatic rings. The van der Waals surface area contributed by atoms with Gasteiger partial charge in [0.05, 0.1) is 27.8 Å². The van der Waals surface area contributed by atoms with E-state index in [-0.39, 0.29) is 12.0 Å². The van der Waals surface area contributed by atoms with Crippen LogP contribution < -0.4 is 4.74 Å². The summed E-state index contributed by atoms with van der Waals surface area (Å²) in [5.74, 6) is 2.63. The van der Waals surface area contributed by atoms with Gasteiger partial charge in [-0.1, -0.05) is 127 Å². The fourth-order valence-electron chi connectivity index (χ4n) is 10.9. The van der Waals surface area contributed by atoms with E-state index >= 15 is 0 Å². The van der Waals surface area contributed by atoms with Crippen molar-refractivity contribution in [2.75, 3.05) is 0 Å². The van der Waals surface area contributed by atoms with Crippen LogP contribution in [-0.4, -0.2) is 30.2 Å². The summed E-state index contributed by atoms with van der Waals surface area (Å²) >= 11 is 0. The van der Waals surface area contributed by atoms with Gasteiger partial charge in [0, 0.05) is 61.0 Å². The number of rotatable bonds is 4. The quantitative estimate of drug-likeness (QED) is 0.176. The first-order valence-electron chi connectivity index (χ1n) is 22.4. The van der Waals surface area contributed by atoms with E-state index in [1.54, 1.807) is 0 Å². The Labute approximate surface area is 376 Å². The lowest BCUT2D eigenvalue weighted by Gasteiger charge is -2.15. The van der Waals surface area contributed by atoms with Gasteiger partial charge in [-0.05, 0) is 88.3 Å². The molecular formula is C59H35N5O2. The first kappa shape index (κ1) is 35.6. The van der Waals surface area contributed by atoms with Crippen LogP contribution in [-0.2, 0) is 0 Å². The highest BCUT2D eigenvalue weighted by Gasteiger charge is 2.33. The van der Waals surface area contributed by atoms with Crippen molar-refractivity contribution < 1.29 is 9.15 Å². The number of nitrogens with zero attached hydrogens (tertiary/aromatic N) is 5. The van der Waals surface area contributed by atoms with Crippen molar-refractivity contribution in [2.45, 2.75) is 12.0 Å². The van der Waals surface area contributed by atoms with E-state index in [1.165, 1.54) is 32.3 Å². The Hall–Kier alpha value is -8.81. The van der Waals surface area contributed by atoms with Crippen LogP contribution in [0.5, 0.6) is 5.75 Å². The van der Waals surface area contributed by atoms with Crippen LogP contribution in [0, 0.1) is 0 Å². The molecule has 1 aliphatic carbocycles. The summed E-state index contributed by atoms with van der Waals surface area (Å²) < 4.78 is 17.8. The topological polar surface area (TPSA) is 70.9 Å². The summed E-state index contributed by atoms with van der Waals surface area (Å²) in [5.41, 5.74) is 9.59. The lowest BCUT2D eigenvalue weighted by Crippen LogP contribution is -2.15. The van der Waals surface area contributed by atoms with Crippen molar-refractivity contribution in [3.8, 4) is 40.2 Å². The number of aromatic nitrogens is 5. The molecule has 308 valence electrons. The Morgan fingerprint density at radius 2 is 1.14 bits per heavy atom. The minimum Gasteiger partial charge on any atom is -0.485 e. The van der Waals surface area contributed by atoms with Gasteiger partial charge in [0.1, 0.15) is 23.0 Å². The molecule has 0 fully saturated rings. The van der Waals surface area contributed by atoms with Crippen LogP contribution >= 0.6 is 0 Å². The van der Waals surface area contributed by atoms with Gasteiger partial charge >= 0.3 is 0 Å². The second kappa shape index (κ2) is 13.4. The van der Waals surface area contributed by atoms with Gasteiger partial charge in [-0.3, -0.25) is 4.57 Å². The molecule has 15 rings (SSSR count). The highest BCUT2D eigenvalue weighted by atomic mass is 16.5. The van der Waals surface area contributed by atoms with Crippen molar-refractivity contribution in [1.29, 1.82) is 0 Å². The largest absolute Gasteiger partial charge is 0.485 e. The third kappa shape index (κ3) is 5.05. The Bertz CT molecular complexity index is 4250. The van der Waals surface area contributed by atoms with Gasteiger partial charge in [0.25, 0.3) is 0 Å². The fraction of sp³-hybridized carbons (Fsp3) is 0.0339. The summed E-state index contributed by atoms with van der Waals surface area (Å²) in [6.45, 7) is 0. The molecule has 0 N–H and O–H groups in total. The van der Waals surface area contributed by atoms with Gasteiger partial charge in [-0.2, -0.15) is 9.97 Å². The van der Waals surface area contributed by atoms with Crippen molar-refractivity contribution in [3.63, 3.8) is 0 Å². The van der Waals surface area contributed by atoms with Crippen LogP contribution in [0.1, 0.15) is 11.5 Å². The van der Waals surface area contributed by atoms with Crippen LogP contribution in [0.15, 0.2) is 205 Å². The van der Waals surface area contributed by atoms with E-state index in [0.29, 0.717) is 17.6 Å². The maximum atomic E-state index is 6.84. The first-order chi connectivity index (χ1) is 32.7. The molecule has 0 saturated carbocycles. The van der Waals surface area contributed by atoms with Crippen LogP contribution in [0.2, 0.25) is 0 Å². The van der Waals surface area contributed by atoms with Crippen LogP contribution in [0.4, 0.5) is 0 Å². The number of hydrogen-bond acceptors (Lipinski definition) is 5. The lowest BCUT2D eigenvalue weighted by atomic mass is 9.91. The number of ether oxygens (including phenoxy) is 1. The van der Waals surface area contributed by atoms with E-state index in [0.717, 1.165) is 82.9 Å². The maximum absolute atomic E-state index is 6.84. The predicted octanol–water partition coefficient (Wildman–Crippen LogP) is 14.6. The molecule has 13 aromatic rings. The summed E-state index contributed by atoms with van der Waals surface area (Å²) in [7, 11) is 0. The summed E-state index contributed by atoms with van der Waals surface area (Å²) in [5, 5.41) is 11.4. The zero-order valence-corrected chi connectivity index (χ0v) is 35.3. The zero-order valence-electron chi connectivity index (χ0n) is 35.3. The minimum atomic E-state index is -0.0374. The van der Waals surface area contributed by atoms with E-state index in [2.05, 4.69) is 197 Å². The first-order valence-corrected chi connectivity index (χ1v) is 22.4. The standard InChI is InChI=1S/C59H35N5O2/c1-2-15-36-31-50-45(29-35(36)14-1)55-39-16-4-3-13-34(39)25-27-49(55)63(50)38-32-46(56-43-20-8-12-24-52(43)66-54(56)33-38)58-60-57(37-26-28-53-44(30-37)42-19-7-11-23-51(42)65-53)61-59(62-58)64-47-21-9-5-17-40(47)41-18-6-10-22-48(41)64/h1-33,42,51H. The molecule has 2 atom stereocenters. The molecule has 0 amide bonds. The highest BCUT2D eigenvalue weighted by Crippen LogP contribution is 2.45. The summed E-state index contributed by atoms with van der Waals surface area (Å²) in [4.78, 5) is 16.4. The number of furan rings is 1. The molecule has 0 radical (unpaired) electrons. The van der Waals surface area contributed by atoms with Crippen LogP contribution in [0.25, 0.3) is 122 Å². The number of fused-ring (bicyclic) bond motifs is 15. The van der Waals surface area contributed by atoms with Gasteiger partial charge in [0.2, 0.25) is 5.95 Å². The van der Waals surface area contributed by atoms with E-state index in [9.17, 15) is 0 Å². The lowest BCUT2D eigenvalue weighted by molar-refractivity contribution is 0.269. The third-order valence-corrected chi connectivity index (χ3v) is 13.9. The average Bonchev–Trinajstić information content (AvgIpc) is 4.12. The van der Waals surface area contributed by atoms with Crippen molar-refractivity contribution in [1.82, 2.24) is 24.1 Å². The normalized spacial score (nSPS) is 15.6. The average molecular weight is 846 g/mol. The molecular weight excluding hydrogens is 811 g/mol. The Balaban J connectivity index is 1.05. The third-order valence-electron chi connectivity index (χ3n) is 13.9. The SMILES string of the molecule is C1=CC2Oc3ccc(-c4nc(-c5cc(-n6c7cc8ccccc8cc7c7c8ccccc8ccc76)cc6oc7ccccc7c56)nc(-n5c6ccccc6c6ccccc65)n4)cc3C2C=C1. The van der Waals surface area contributed by atoms with E-state index in [1.807, 2.05) is 12.1 Å². The van der Waals surface area contributed by atoms with Crippen molar-refractivity contribution in [2.24, 2.45) is 0 Å². The second-order valence-corrected chi connectivity index (χ2v) is 17.5. The highest BCUT2D eigenvalue weighted by molar-refractivity contribution is 6.23. The Morgan fingerprint density at radius 3 is 1.97 bits per heavy atom. The van der Waals surface area contributed by atoms with Crippen LogP contribution in [0.3, 0.4) is 0 Å². The molecule has 9 aromatic carbocycles. The van der Waals surface area contributed by atoms with Gasteiger partial charge in [-0.25, -0.2) is 4.98 Å². The Kier molecular flexibility index (Phi) is 7.21. The van der Waals surface area contributed by atoms with Crippen molar-refractivity contribution >= 4 is 87.1 Å². The number of benzene rings is 9. The van der Waals surface area contributed by atoms with Gasteiger partial charge < -0.3 is 13.7 Å². The molecule has 4 aromatic heterocycles. The molecule has 7 heteroatoms. The molecule has 0 bridgehead atoms. The molecule has 0 spiro atoms. The maximum Gasteiger partial charge on any atom is 0.238 e. The number of para-hydroxylation sites is 3. The monoisotopic (exact) mass is 845 g/mol. The molecule has 5 heterocycles. The van der Waals surface area contributed by atoms with Gasteiger partial charge in [0.15, 0.2) is 11.6 Å². The van der Waals surface area contributed by atoms with E-state index < -0.39 is 0 Å². The van der Waals surface area contributed by atoms with Crippen molar-refractivity contribution in [3.05, 3.63) is 206 Å². The smallest absolute Gasteiger partial charge is 0.238 e. The second-order valence-electron chi connectivity index (χ2n) is 17.5. The molecule has 0 saturated heterocycles. The summed E-state index contributed by atoms with van der Waals surface area (Å²) in [6, 6.07) is 62.4. The summed E-state index contributed by atoms with van der Waals surface area (Å²) in [6.07, 6.45) is 8.46.